The number of aryl methyl sites for hydroxylation is 1. The number of thiophene rings is 1. The molecule has 0 radical (unpaired) electrons. The van der Waals surface area contributed by atoms with Gasteiger partial charge in [-0.05, 0) is 42.3 Å². The molecule has 0 bridgehead atoms. The first-order valence-corrected chi connectivity index (χ1v) is 8.82. The van der Waals surface area contributed by atoms with Crippen LogP contribution >= 0.6 is 11.3 Å². The van der Waals surface area contributed by atoms with Crippen molar-refractivity contribution in [2.75, 3.05) is 13.1 Å². The highest BCUT2D eigenvalue weighted by molar-refractivity contribution is 7.09. The molecule has 5 heteroatoms. The average Bonchev–Trinajstić information content (AvgIpc) is 3.21. The molecule has 2 aromatic heterocycles. The second kappa shape index (κ2) is 7.83. The number of aliphatic imine (C=N–C) groups is 1. The molecule has 0 saturated carbocycles. The molecule has 0 atom stereocenters. The van der Waals surface area contributed by atoms with Gasteiger partial charge in [-0.15, -0.1) is 11.3 Å². The Hall–Kier alpha value is -2.27. The maximum atomic E-state index is 5.90. The Labute approximate surface area is 140 Å². The van der Waals surface area contributed by atoms with Crippen LogP contribution < -0.4 is 11.1 Å². The molecular formula is C18H22N4S. The zero-order chi connectivity index (χ0) is 15.9. The van der Waals surface area contributed by atoms with Crippen LogP contribution in [0.1, 0.15) is 16.9 Å². The summed E-state index contributed by atoms with van der Waals surface area (Å²) in [5.74, 6) is 0.542. The Bertz CT molecular complexity index is 758. The molecule has 3 aromatic rings. The summed E-state index contributed by atoms with van der Waals surface area (Å²) >= 11 is 1.77. The number of para-hydroxylation sites is 1. The molecule has 0 saturated heterocycles. The van der Waals surface area contributed by atoms with Crippen molar-refractivity contribution in [2.24, 2.45) is 10.7 Å². The molecule has 0 fully saturated rings. The van der Waals surface area contributed by atoms with Crippen molar-refractivity contribution in [3.63, 3.8) is 0 Å². The van der Waals surface area contributed by atoms with E-state index in [1.165, 1.54) is 21.3 Å². The Morgan fingerprint density at radius 2 is 2.09 bits per heavy atom. The van der Waals surface area contributed by atoms with Gasteiger partial charge in [-0.3, -0.25) is 4.99 Å². The standard InChI is InChI=1S/C18H22N4S/c19-18(21-11-9-15-6-4-12-23-15)20-10-3-5-14-13-22-17-8-2-1-7-16(14)17/h1-2,4,6-8,12-13,22H,3,5,9-11H2,(H3,19,20,21). The third-order valence-electron chi connectivity index (χ3n) is 3.82. The predicted octanol–water partition coefficient (Wildman–Crippen LogP) is 3.31. The minimum Gasteiger partial charge on any atom is -0.370 e. The summed E-state index contributed by atoms with van der Waals surface area (Å²) in [7, 11) is 0. The van der Waals surface area contributed by atoms with Gasteiger partial charge in [-0.25, -0.2) is 0 Å². The zero-order valence-electron chi connectivity index (χ0n) is 13.1. The maximum absolute atomic E-state index is 5.90. The van der Waals surface area contributed by atoms with Gasteiger partial charge in [-0.1, -0.05) is 24.3 Å². The van der Waals surface area contributed by atoms with Crippen molar-refractivity contribution >= 4 is 28.2 Å². The summed E-state index contributed by atoms with van der Waals surface area (Å²) in [6.07, 6.45) is 5.09. The zero-order valence-corrected chi connectivity index (χ0v) is 13.9. The van der Waals surface area contributed by atoms with Gasteiger partial charge in [0.1, 0.15) is 0 Å². The Morgan fingerprint density at radius 3 is 2.96 bits per heavy atom. The fourth-order valence-electron chi connectivity index (χ4n) is 2.63. The Morgan fingerprint density at radius 1 is 1.17 bits per heavy atom. The molecule has 3 rings (SSSR count). The van der Waals surface area contributed by atoms with Crippen LogP contribution in [0.5, 0.6) is 0 Å². The van der Waals surface area contributed by atoms with E-state index < -0.39 is 0 Å². The summed E-state index contributed by atoms with van der Waals surface area (Å²) in [6, 6.07) is 12.6. The predicted molar refractivity (Wildman–Crippen MR) is 99.1 cm³/mol. The van der Waals surface area contributed by atoms with Crippen LogP contribution in [0, 0.1) is 0 Å². The van der Waals surface area contributed by atoms with Crippen molar-refractivity contribution in [3.05, 3.63) is 58.4 Å². The van der Waals surface area contributed by atoms with E-state index in [1.807, 2.05) is 0 Å². The van der Waals surface area contributed by atoms with Crippen molar-refractivity contribution in [3.8, 4) is 0 Å². The number of aromatic amines is 1. The highest BCUT2D eigenvalue weighted by Gasteiger charge is 2.02. The van der Waals surface area contributed by atoms with Gasteiger partial charge in [-0.2, -0.15) is 0 Å². The molecule has 0 aliphatic rings. The highest BCUT2D eigenvalue weighted by atomic mass is 32.1. The third-order valence-corrected chi connectivity index (χ3v) is 4.76. The smallest absolute Gasteiger partial charge is 0.188 e. The molecule has 0 spiro atoms. The lowest BCUT2D eigenvalue weighted by atomic mass is 10.1. The van der Waals surface area contributed by atoms with Gasteiger partial charge >= 0.3 is 0 Å². The van der Waals surface area contributed by atoms with Crippen LogP contribution in [0.4, 0.5) is 0 Å². The lowest BCUT2D eigenvalue weighted by molar-refractivity contribution is 0.812. The van der Waals surface area contributed by atoms with Crippen molar-refractivity contribution in [1.82, 2.24) is 10.3 Å². The van der Waals surface area contributed by atoms with Gasteiger partial charge in [0.2, 0.25) is 0 Å². The molecule has 23 heavy (non-hydrogen) atoms. The summed E-state index contributed by atoms with van der Waals surface area (Å²) in [5, 5.41) is 6.57. The van der Waals surface area contributed by atoms with Gasteiger partial charge in [0.15, 0.2) is 5.96 Å². The van der Waals surface area contributed by atoms with Gasteiger partial charge < -0.3 is 16.0 Å². The maximum Gasteiger partial charge on any atom is 0.188 e. The fraction of sp³-hybridized carbons (Fsp3) is 0.278. The molecule has 1 aromatic carbocycles. The molecule has 120 valence electrons. The minimum atomic E-state index is 0.542. The first-order valence-electron chi connectivity index (χ1n) is 7.94. The number of nitrogens with two attached hydrogens (primary N) is 1. The summed E-state index contributed by atoms with van der Waals surface area (Å²) in [5.41, 5.74) is 8.44. The third kappa shape index (κ3) is 4.36. The number of rotatable bonds is 7. The summed E-state index contributed by atoms with van der Waals surface area (Å²) in [4.78, 5) is 9.07. The number of H-pyrrole nitrogens is 1. The number of hydrogen-bond acceptors (Lipinski definition) is 2. The van der Waals surface area contributed by atoms with Crippen LogP contribution in [0.2, 0.25) is 0 Å². The molecule has 4 N–H and O–H groups in total. The molecule has 4 nitrogen and oxygen atoms in total. The number of aromatic nitrogens is 1. The number of benzene rings is 1. The van der Waals surface area contributed by atoms with E-state index in [0.29, 0.717) is 5.96 Å². The number of fused-ring (bicyclic) bond motifs is 1. The van der Waals surface area contributed by atoms with E-state index >= 15 is 0 Å². The van der Waals surface area contributed by atoms with E-state index in [-0.39, 0.29) is 0 Å². The van der Waals surface area contributed by atoms with E-state index in [0.717, 1.165) is 32.4 Å². The highest BCUT2D eigenvalue weighted by Crippen LogP contribution is 2.18. The molecular weight excluding hydrogens is 304 g/mol. The number of nitrogens with zero attached hydrogens (tertiary/aromatic N) is 1. The van der Waals surface area contributed by atoms with Crippen molar-refractivity contribution in [1.29, 1.82) is 0 Å². The summed E-state index contributed by atoms with van der Waals surface area (Å²) < 4.78 is 0. The average molecular weight is 326 g/mol. The first kappa shape index (κ1) is 15.6. The molecule has 0 aliphatic heterocycles. The van der Waals surface area contributed by atoms with Gasteiger partial charge in [0.05, 0.1) is 0 Å². The quantitative estimate of drug-likeness (QED) is 0.354. The van der Waals surface area contributed by atoms with E-state index in [1.54, 1.807) is 11.3 Å². The van der Waals surface area contributed by atoms with Gasteiger partial charge in [0.25, 0.3) is 0 Å². The molecule has 0 unspecified atom stereocenters. The largest absolute Gasteiger partial charge is 0.370 e. The normalized spacial score (nSPS) is 11.9. The van der Waals surface area contributed by atoms with E-state index in [2.05, 4.69) is 63.3 Å². The summed E-state index contributed by atoms with van der Waals surface area (Å²) in [6.45, 7) is 1.58. The topological polar surface area (TPSA) is 66.2 Å². The van der Waals surface area contributed by atoms with Crippen molar-refractivity contribution < 1.29 is 0 Å². The van der Waals surface area contributed by atoms with Crippen LogP contribution in [0.15, 0.2) is 53.0 Å². The lowest BCUT2D eigenvalue weighted by Gasteiger charge is -2.04. The SMILES string of the molecule is NC(=NCCCc1c[nH]c2ccccc12)NCCc1cccs1. The number of hydrogen-bond donors (Lipinski definition) is 3. The number of guanidine groups is 1. The lowest BCUT2D eigenvalue weighted by Crippen LogP contribution is -2.33. The van der Waals surface area contributed by atoms with Crippen LogP contribution in [0.3, 0.4) is 0 Å². The van der Waals surface area contributed by atoms with Crippen molar-refractivity contribution in [2.45, 2.75) is 19.3 Å². The second-order valence-electron chi connectivity index (χ2n) is 5.49. The van der Waals surface area contributed by atoms with Gasteiger partial charge in [0, 0.05) is 35.1 Å². The monoisotopic (exact) mass is 326 g/mol. The number of nitrogens with one attached hydrogen (secondary N) is 2. The fourth-order valence-corrected chi connectivity index (χ4v) is 3.34. The Balaban J connectivity index is 1.40. The van der Waals surface area contributed by atoms with E-state index in [9.17, 15) is 0 Å². The molecule has 2 heterocycles. The van der Waals surface area contributed by atoms with Crippen LogP contribution in [-0.4, -0.2) is 24.0 Å². The molecule has 0 amide bonds. The van der Waals surface area contributed by atoms with Crippen LogP contribution in [0.25, 0.3) is 10.9 Å². The molecule has 0 aliphatic carbocycles. The van der Waals surface area contributed by atoms with E-state index in [4.69, 9.17) is 5.73 Å². The minimum absolute atomic E-state index is 0.542. The first-order chi connectivity index (χ1) is 11.3. The van der Waals surface area contributed by atoms with Crippen LogP contribution in [-0.2, 0) is 12.8 Å². The Kier molecular flexibility index (Phi) is 5.32. The second-order valence-corrected chi connectivity index (χ2v) is 6.52.